The summed E-state index contributed by atoms with van der Waals surface area (Å²) in [6, 6.07) is 8.56. The summed E-state index contributed by atoms with van der Waals surface area (Å²) in [5.41, 5.74) is 0.832. The SMILES string of the molecule is COc1ccc(Br)cc1S(=O)(=O)NCc1ccnc(N2CCOCC2)c1. The van der Waals surface area contributed by atoms with E-state index in [1.165, 1.54) is 13.2 Å². The zero-order valence-electron chi connectivity index (χ0n) is 14.3. The van der Waals surface area contributed by atoms with Gasteiger partial charge in [-0.15, -0.1) is 0 Å². The molecule has 0 saturated carbocycles. The minimum absolute atomic E-state index is 0.0943. The second-order valence-electron chi connectivity index (χ2n) is 5.74. The Labute approximate surface area is 161 Å². The van der Waals surface area contributed by atoms with Crippen molar-refractivity contribution in [1.29, 1.82) is 0 Å². The summed E-state index contributed by atoms with van der Waals surface area (Å²) in [6.45, 7) is 3.05. The summed E-state index contributed by atoms with van der Waals surface area (Å²) in [5.74, 6) is 1.12. The molecule has 2 heterocycles. The van der Waals surface area contributed by atoms with Crippen LogP contribution in [0.3, 0.4) is 0 Å². The number of nitrogens with one attached hydrogen (secondary N) is 1. The lowest BCUT2D eigenvalue weighted by Gasteiger charge is -2.28. The van der Waals surface area contributed by atoms with Crippen molar-refractivity contribution in [3.05, 3.63) is 46.6 Å². The van der Waals surface area contributed by atoms with Gasteiger partial charge in [-0.3, -0.25) is 0 Å². The maximum absolute atomic E-state index is 12.7. The lowest BCUT2D eigenvalue weighted by Crippen LogP contribution is -2.36. The molecule has 0 atom stereocenters. The molecule has 1 aromatic carbocycles. The van der Waals surface area contributed by atoms with Crippen molar-refractivity contribution < 1.29 is 17.9 Å². The van der Waals surface area contributed by atoms with Gasteiger partial charge in [0.25, 0.3) is 0 Å². The quantitative estimate of drug-likeness (QED) is 0.739. The topological polar surface area (TPSA) is 80.8 Å². The van der Waals surface area contributed by atoms with Crippen LogP contribution in [0.4, 0.5) is 5.82 Å². The normalized spacial score (nSPS) is 15.1. The highest BCUT2D eigenvalue weighted by atomic mass is 79.9. The van der Waals surface area contributed by atoms with E-state index < -0.39 is 10.0 Å². The molecular weight excluding hydrogens is 422 g/mol. The van der Waals surface area contributed by atoms with Crippen LogP contribution in [-0.2, 0) is 21.3 Å². The van der Waals surface area contributed by atoms with Crippen molar-refractivity contribution in [2.24, 2.45) is 0 Å². The Morgan fingerprint density at radius 3 is 2.77 bits per heavy atom. The molecule has 1 aliphatic heterocycles. The van der Waals surface area contributed by atoms with Gasteiger partial charge < -0.3 is 14.4 Å². The smallest absolute Gasteiger partial charge is 0.244 e. The predicted octanol–water partition coefficient (Wildman–Crippen LogP) is 2.17. The van der Waals surface area contributed by atoms with Gasteiger partial charge in [-0.05, 0) is 35.9 Å². The maximum atomic E-state index is 12.7. The molecular formula is C17H20BrN3O4S. The van der Waals surface area contributed by atoms with Gasteiger partial charge in [0.2, 0.25) is 10.0 Å². The van der Waals surface area contributed by atoms with Gasteiger partial charge in [0.05, 0.1) is 20.3 Å². The molecule has 0 aliphatic carbocycles. The van der Waals surface area contributed by atoms with E-state index >= 15 is 0 Å². The number of sulfonamides is 1. The van der Waals surface area contributed by atoms with Crippen molar-refractivity contribution in [1.82, 2.24) is 9.71 Å². The number of ether oxygens (including phenoxy) is 2. The van der Waals surface area contributed by atoms with Gasteiger partial charge >= 0.3 is 0 Å². The number of anilines is 1. The number of pyridine rings is 1. The number of aromatic nitrogens is 1. The van der Waals surface area contributed by atoms with E-state index in [4.69, 9.17) is 9.47 Å². The summed E-state index contributed by atoms with van der Waals surface area (Å²) >= 11 is 3.30. The molecule has 1 aliphatic rings. The lowest BCUT2D eigenvalue weighted by molar-refractivity contribution is 0.122. The zero-order chi connectivity index (χ0) is 18.6. The zero-order valence-corrected chi connectivity index (χ0v) is 16.7. The Morgan fingerprint density at radius 2 is 2.04 bits per heavy atom. The molecule has 140 valence electrons. The second kappa shape index (κ2) is 8.34. The molecule has 1 N–H and O–H groups in total. The van der Waals surface area contributed by atoms with Crippen LogP contribution in [0.2, 0.25) is 0 Å². The number of morpholine rings is 1. The highest BCUT2D eigenvalue weighted by molar-refractivity contribution is 9.10. The number of halogens is 1. The Morgan fingerprint density at radius 1 is 1.27 bits per heavy atom. The summed E-state index contributed by atoms with van der Waals surface area (Å²) in [5, 5.41) is 0. The highest BCUT2D eigenvalue weighted by Gasteiger charge is 2.20. The van der Waals surface area contributed by atoms with Gasteiger partial charge in [0, 0.05) is 30.3 Å². The molecule has 0 spiro atoms. The number of methoxy groups -OCH3 is 1. The van der Waals surface area contributed by atoms with Crippen LogP contribution in [0.1, 0.15) is 5.56 Å². The van der Waals surface area contributed by atoms with Gasteiger partial charge in [0.15, 0.2) is 0 Å². The highest BCUT2D eigenvalue weighted by Crippen LogP contribution is 2.27. The monoisotopic (exact) mass is 441 g/mol. The average Bonchev–Trinajstić information content (AvgIpc) is 2.67. The summed E-state index contributed by atoms with van der Waals surface area (Å²) in [6.07, 6.45) is 1.69. The number of rotatable bonds is 6. The average molecular weight is 442 g/mol. The third-order valence-electron chi connectivity index (χ3n) is 4.03. The third kappa shape index (κ3) is 4.53. The van der Waals surface area contributed by atoms with Gasteiger partial charge in [-0.25, -0.2) is 18.1 Å². The van der Waals surface area contributed by atoms with E-state index in [2.05, 4.69) is 30.5 Å². The largest absolute Gasteiger partial charge is 0.495 e. The minimum Gasteiger partial charge on any atom is -0.495 e. The van der Waals surface area contributed by atoms with Gasteiger partial charge in [-0.2, -0.15) is 0 Å². The molecule has 2 aromatic rings. The Hall–Kier alpha value is -1.68. The first-order chi connectivity index (χ1) is 12.5. The summed E-state index contributed by atoms with van der Waals surface area (Å²) < 4.78 is 39.1. The van der Waals surface area contributed by atoms with Crippen LogP contribution in [0.15, 0.2) is 45.9 Å². The molecule has 0 amide bonds. The number of hydrogen-bond acceptors (Lipinski definition) is 6. The van der Waals surface area contributed by atoms with Crippen LogP contribution >= 0.6 is 15.9 Å². The second-order valence-corrected chi connectivity index (χ2v) is 8.39. The molecule has 1 fully saturated rings. The van der Waals surface area contributed by atoms with E-state index in [0.29, 0.717) is 23.4 Å². The molecule has 0 unspecified atom stereocenters. The fourth-order valence-corrected chi connectivity index (χ4v) is 4.38. The van der Waals surface area contributed by atoms with Crippen LogP contribution in [0, 0.1) is 0 Å². The number of nitrogens with zero attached hydrogens (tertiary/aromatic N) is 2. The lowest BCUT2D eigenvalue weighted by atomic mass is 10.2. The Balaban J connectivity index is 1.75. The molecule has 0 bridgehead atoms. The van der Waals surface area contributed by atoms with Crippen molar-refractivity contribution in [3.8, 4) is 5.75 Å². The first-order valence-electron chi connectivity index (χ1n) is 8.10. The number of benzene rings is 1. The molecule has 9 heteroatoms. The van der Waals surface area contributed by atoms with E-state index in [0.717, 1.165) is 24.5 Å². The van der Waals surface area contributed by atoms with E-state index in [9.17, 15) is 8.42 Å². The molecule has 1 aromatic heterocycles. The van der Waals surface area contributed by atoms with Crippen molar-refractivity contribution in [2.75, 3.05) is 38.3 Å². The van der Waals surface area contributed by atoms with Crippen LogP contribution in [0.5, 0.6) is 5.75 Å². The Kier molecular flexibility index (Phi) is 6.13. The van der Waals surface area contributed by atoms with Crippen LogP contribution in [-0.4, -0.2) is 46.8 Å². The summed E-state index contributed by atoms with van der Waals surface area (Å²) in [7, 11) is -2.28. The maximum Gasteiger partial charge on any atom is 0.244 e. The fraction of sp³-hybridized carbons (Fsp3) is 0.353. The van der Waals surface area contributed by atoms with Crippen LogP contribution < -0.4 is 14.4 Å². The molecule has 26 heavy (non-hydrogen) atoms. The van der Waals surface area contributed by atoms with Crippen LogP contribution in [0.25, 0.3) is 0 Å². The van der Waals surface area contributed by atoms with E-state index in [1.54, 1.807) is 24.4 Å². The van der Waals surface area contributed by atoms with Crippen molar-refractivity contribution in [2.45, 2.75) is 11.4 Å². The predicted molar refractivity (Wildman–Crippen MR) is 102 cm³/mol. The first kappa shape index (κ1) is 19.1. The first-order valence-corrected chi connectivity index (χ1v) is 10.4. The minimum atomic E-state index is -3.72. The molecule has 3 rings (SSSR count). The molecule has 1 saturated heterocycles. The van der Waals surface area contributed by atoms with E-state index in [1.807, 2.05) is 6.07 Å². The van der Waals surface area contributed by atoms with Crippen molar-refractivity contribution in [3.63, 3.8) is 0 Å². The summed E-state index contributed by atoms with van der Waals surface area (Å²) in [4.78, 5) is 6.59. The standard InChI is InChI=1S/C17H20BrN3O4S/c1-24-15-3-2-14(18)11-16(15)26(22,23)20-12-13-4-5-19-17(10-13)21-6-8-25-9-7-21/h2-5,10-11,20H,6-9,12H2,1H3. The van der Waals surface area contributed by atoms with E-state index in [-0.39, 0.29) is 11.4 Å². The third-order valence-corrected chi connectivity index (χ3v) is 5.94. The molecule has 7 nitrogen and oxygen atoms in total. The molecule has 0 radical (unpaired) electrons. The van der Waals surface area contributed by atoms with Gasteiger partial charge in [-0.1, -0.05) is 15.9 Å². The fourth-order valence-electron chi connectivity index (χ4n) is 2.65. The van der Waals surface area contributed by atoms with Gasteiger partial charge in [0.1, 0.15) is 16.5 Å². The Bertz CT molecular complexity index is 870. The number of hydrogen-bond donors (Lipinski definition) is 1. The van der Waals surface area contributed by atoms with Crippen molar-refractivity contribution >= 4 is 31.8 Å².